The molecule has 2 N–H and O–H groups in total. The number of aromatic nitrogens is 3. The molecule has 0 saturated heterocycles. The number of hydrogen-bond acceptors (Lipinski definition) is 6. The summed E-state index contributed by atoms with van der Waals surface area (Å²) in [4.78, 5) is 35.8. The summed E-state index contributed by atoms with van der Waals surface area (Å²) in [5, 5.41) is 3.25. The van der Waals surface area contributed by atoms with E-state index in [0.717, 1.165) is 12.8 Å². The van der Waals surface area contributed by atoms with Gasteiger partial charge >= 0.3 is 5.97 Å². The molecule has 1 saturated carbocycles. The molecular weight excluding hydrogens is 427 g/mol. The number of aromatic amines is 1. The zero-order valence-electron chi connectivity index (χ0n) is 18.4. The van der Waals surface area contributed by atoms with Crippen LogP contribution in [0.15, 0.2) is 47.3 Å². The number of halogens is 1. The fourth-order valence-electron chi connectivity index (χ4n) is 3.46. The Morgan fingerprint density at radius 2 is 1.97 bits per heavy atom. The number of rotatable bonds is 5. The van der Waals surface area contributed by atoms with Crippen molar-refractivity contribution in [2.75, 3.05) is 12.4 Å². The topological polar surface area (TPSA) is 110 Å². The van der Waals surface area contributed by atoms with E-state index in [-0.39, 0.29) is 40.2 Å². The van der Waals surface area contributed by atoms with Crippen LogP contribution in [0.1, 0.15) is 37.0 Å². The molecule has 0 spiro atoms. The number of benzene rings is 1. The minimum absolute atomic E-state index is 0.0264. The van der Waals surface area contributed by atoms with Crippen LogP contribution in [-0.4, -0.2) is 33.9 Å². The van der Waals surface area contributed by atoms with Gasteiger partial charge < -0.3 is 19.5 Å². The Labute approximate surface area is 189 Å². The van der Waals surface area contributed by atoms with Crippen LogP contribution in [0.4, 0.5) is 10.2 Å². The number of esters is 1. The molecule has 3 heterocycles. The zero-order chi connectivity index (χ0) is 23.5. The highest BCUT2D eigenvalue weighted by Gasteiger charge is 2.30. The molecule has 1 amide bonds. The van der Waals surface area contributed by atoms with Gasteiger partial charge in [-0.05, 0) is 31.0 Å². The Kier molecular flexibility index (Phi) is 6.21. The first kappa shape index (κ1) is 22.2. The van der Waals surface area contributed by atoms with Crippen LogP contribution in [0.25, 0.3) is 33.6 Å². The van der Waals surface area contributed by atoms with Gasteiger partial charge in [-0.15, -0.1) is 0 Å². The zero-order valence-corrected chi connectivity index (χ0v) is 18.4. The van der Waals surface area contributed by atoms with E-state index in [1.807, 2.05) is 13.8 Å². The summed E-state index contributed by atoms with van der Waals surface area (Å²) in [6.45, 7) is 4.00. The predicted octanol–water partition coefficient (Wildman–Crippen LogP) is 5.19. The molecule has 4 aromatic rings. The van der Waals surface area contributed by atoms with Gasteiger partial charge in [-0.1, -0.05) is 19.9 Å². The molecule has 3 aromatic heterocycles. The van der Waals surface area contributed by atoms with Crippen molar-refractivity contribution in [2.45, 2.75) is 26.7 Å². The van der Waals surface area contributed by atoms with Gasteiger partial charge in [0.05, 0.1) is 30.0 Å². The normalized spacial score (nSPS) is 12.7. The lowest BCUT2D eigenvalue weighted by atomic mass is 10.1. The second-order valence-electron chi connectivity index (χ2n) is 7.25. The lowest BCUT2D eigenvalue weighted by Crippen LogP contribution is -2.15. The van der Waals surface area contributed by atoms with Crippen molar-refractivity contribution in [3.63, 3.8) is 0 Å². The summed E-state index contributed by atoms with van der Waals surface area (Å²) in [5.74, 6) is -0.848. The highest BCUT2D eigenvalue weighted by atomic mass is 19.1. The molecule has 1 aliphatic rings. The van der Waals surface area contributed by atoms with Crippen LogP contribution >= 0.6 is 0 Å². The van der Waals surface area contributed by atoms with Crippen molar-refractivity contribution in [3.05, 3.63) is 54.3 Å². The molecule has 8 nitrogen and oxygen atoms in total. The number of carbonyl (C=O) groups excluding carboxylic acids is 2. The number of hydrogen-bond donors (Lipinski definition) is 2. The van der Waals surface area contributed by atoms with Crippen LogP contribution in [0.3, 0.4) is 0 Å². The minimum Gasteiger partial charge on any atom is -0.465 e. The van der Waals surface area contributed by atoms with Crippen LogP contribution in [0.2, 0.25) is 0 Å². The van der Waals surface area contributed by atoms with E-state index < -0.39 is 11.8 Å². The van der Waals surface area contributed by atoms with Crippen molar-refractivity contribution in [1.29, 1.82) is 0 Å². The Hall–Kier alpha value is -4.01. The number of ether oxygens (including phenoxy) is 1. The predicted molar refractivity (Wildman–Crippen MR) is 121 cm³/mol. The average molecular weight is 450 g/mol. The number of H-pyrrole nitrogens is 1. The molecule has 1 aliphatic carbocycles. The molecule has 33 heavy (non-hydrogen) atoms. The van der Waals surface area contributed by atoms with E-state index in [9.17, 15) is 9.59 Å². The molecule has 9 heteroatoms. The van der Waals surface area contributed by atoms with Crippen molar-refractivity contribution in [2.24, 2.45) is 5.92 Å². The van der Waals surface area contributed by atoms with Gasteiger partial charge in [0.2, 0.25) is 11.8 Å². The van der Waals surface area contributed by atoms with Crippen LogP contribution in [0, 0.1) is 11.7 Å². The molecular formula is C24H23FN4O4. The lowest BCUT2D eigenvalue weighted by molar-refractivity contribution is -0.117. The summed E-state index contributed by atoms with van der Waals surface area (Å²) in [7, 11) is 1.27. The summed E-state index contributed by atoms with van der Waals surface area (Å²) in [6, 6.07) is 6.47. The van der Waals surface area contributed by atoms with Crippen LogP contribution in [-0.2, 0) is 9.53 Å². The third-order valence-corrected chi connectivity index (χ3v) is 5.21. The molecule has 5 rings (SSSR count). The van der Waals surface area contributed by atoms with Gasteiger partial charge in [0.25, 0.3) is 0 Å². The van der Waals surface area contributed by atoms with Gasteiger partial charge in [0, 0.05) is 28.8 Å². The highest BCUT2D eigenvalue weighted by Crippen LogP contribution is 2.35. The SMILES string of the molecule is CC.COC(=O)c1cnc(NC(=O)C2CC2)c2[nH]c(-c3cccc(-c4ncco4)c3F)cc12. The fourth-order valence-corrected chi connectivity index (χ4v) is 3.46. The highest BCUT2D eigenvalue weighted by molar-refractivity contribution is 6.10. The van der Waals surface area contributed by atoms with Crippen molar-refractivity contribution < 1.29 is 23.1 Å². The monoisotopic (exact) mass is 450 g/mol. The lowest BCUT2D eigenvalue weighted by Gasteiger charge is -2.07. The fraction of sp³-hybridized carbons (Fsp3) is 0.250. The summed E-state index contributed by atoms with van der Waals surface area (Å²) < 4.78 is 25.4. The molecule has 0 aliphatic heterocycles. The van der Waals surface area contributed by atoms with Gasteiger partial charge in [-0.25, -0.2) is 19.2 Å². The van der Waals surface area contributed by atoms with Gasteiger partial charge in [0.15, 0.2) is 5.82 Å². The van der Waals surface area contributed by atoms with Crippen molar-refractivity contribution in [1.82, 2.24) is 15.0 Å². The number of pyridine rings is 1. The smallest absolute Gasteiger partial charge is 0.340 e. The Morgan fingerprint density at radius 1 is 1.21 bits per heavy atom. The van der Waals surface area contributed by atoms with E-state index in [4.69, 9.17) is 9.15 Å². The second-order valence-corrected chi connectivity index (χ2v) is 7.25. The summed E-state index contributed by atoms with van der Waals surface area (Å²) in [5.41, 5.74) is 1.47. The third kappa shape index (κ3) is 4.21. The number of carbonyl (C=O) groups is 2. The van der Waals surface area contributed by atoms with Gasteiger partial charge in [0.1, 0.15) is 12.1 Å². The van der Waals surface area contributed by atoms with Crippen LogP contribution in [0.5, 0.6) is 0 Å². The number of nitrogens with zero attached hydrogens (tertiary/aromatic N) is 2. The Balaban J connectivity index is 0.00000126. The number of fused-ring (bicyclic) bond motifs is 1. The summed E-state index contributed by atoms with van der Waals surface area (Å²) in [6.07, 6.45) is 5.82. The minimum atomic E-state index is -0.586. The third-order valence-electron chi connectivity index (χ3n) is 5.21. The van der Waals surface area contributed by atoms with Crippen molar-refractivity contribution in [3.8, 4) is 22.7 Å². The maximum Gasteiger partial charge on any atom is 0.340 e. The van der Waals surface area contributed by atoms with E-state index in [0.29, 0.717) is 16.6 Å². The number of amides is 1. The van der Waals surface area contributed by atoms with Gasteiger partial charge in [-0.2, -0.15) is 0 Å². The van der Waals surface area contributed by atoms with E-state index in [2.05, 4.69) is 20.3 Å². The number of nitrogens with one attached hydrogen (secondary N) is 2. The molecule has 1 fully saturated rings. The first-order chi connectivity index (χ1) is 16.1. The van der Waals surface area contributed by atoms with Crippen LogP contribution < -0.4 is 5.32 Å². The quantitative estimate of drug-likeness (QED) is 0.405. The molecule has 0 bridgehead atoms. The maximum absolute atomic E-state index is 15.3. The largest absolute Gasteiger partial charge is 0.465 e. The van der Waals surface area contributed by atoms with E-state index in [1.54, 1.807) is 24.3 Å². The van der Waals surface area contributed by atoms with Gasteiger partial charge in [-0.3, -0.25) is 4.79 Å². The Bertz CT molecular complexity index is 1310. The summed E-state index contributed by atoms with van der Waals surface area (Å²) >= 11 is 0. The second kappa shape index (κ2) is 9.23. The molecule has 170 valence electrons. The molecule has 0 radical (unpaired) electrons. The molecule has 1 aromatic carbocycles. The first-order valence-electron chi connectivity index (χ1n) is 10.7. The Morgan fingerprint density at radius 3 is 2.64 bits per heavy atom. The maximum atomic E-state index is 15.3. The molecule has 0 atom stereocenters. The number of anilines is 1. The standard InChI is InChI=1S/C22H17FN4O4.C2H6/c1-30-22(29)15-10-25-19(27-20(28)11-5-6-11)18-14(15)9-16(26-18)12-3-2-4-13(17(12)23)21-24-7-8-31-21;1-2/h2-4,7-11,26H,5-6H2,1H3,(H,25,27,28);1-2H3. The molecule has 0 unspecified atom stereocenters. The average Bonchev–Trinajstić information content (AvgIpc) is 3.37. The van der Waals surface area contributed by atoms with E-state index in [1.165, 1.54) is 25.8 Å². The van der Waals surface area contributed by atoms with Crippen molar-refractivity contribution >= 4 is 28.6 Å². The number of methoxy groups -OCH3 is 1. The number of oxazole rings is 1. The van der Waals surface area contributed by atoms with E-state index >= 15 is 4.39 Å². The first-order valence-corrected chi connectivity index (χ1v) is 10.7.